The molecule has 0 aromatic carbocycles. The standard InChI is InChI=1S/C17H33N3O/c1-14-4-6-16(7-5-14)20(3)17(21)13-19(2)12-15-8-10-18-11-9-15/h14-16,18H,4-13H2,1-3H3. The molecule has 1 heterocycles. The number of amides is 1. The molecule has 0 bridgehead atoms. The SMILES string of the molecule is CC1CCC(N(C)C(=O)CN(C)CC2CCNCC2)CC1. The van der Waals surface area contributed by atoms with Crippen molar-refractivity contribution in [2.45, 2.75) is 51.5 Å². The normalized spacial score (nSPS) is 27.8. The summed E-state index contributed by atoms with van der Waals surface area (Å²) in [4.78, 5) is 16.7. The van der Waals surface area contributed by atoms with E-state index >= 15 is 0 Å². The minimum atomic E-state index is 0.297. The first-order valence-electron chi connectivity index (χ1n) is 8.71. The number of piperidine rings is 1. The third-order valence-electron chi connectivity index (χ3n) is 5.36. The Morgan fingerprint density at radius 1 is 1.05 bits per heavy atom. The van der Waals surface area contributed by atoms with E-state index in [9.17, 15) is 4.79 Å². The second kappa shape index (κ2) is 8.14. The fourth-order valence-electron chi connectivity index (χ4n) is 3.75. The highest BCUT2D eigenvalue weighted by Crippen LogP contribution is 2.26. The summed E-state index contributed by atoms with van der Waals surface area (Å²) in [6.07, 6.45) is 7.40. The van der Waals surface area contributed by atoms with Gasteiger partial charge in [-0.05, 0) is 70.5 Å². The van der Waals surface area contributed by atoms with E-state index in [-0.39, 0.29) is 0 Å². The van der Waals surface area contributed by atoms with Crippen molar-refractivity contribution < 1.29 is 4.79 Å². The zero-order chi connectivity index (χ0) is 15.2. The molecule has 1 saturated carbocycles. The van der Waals surface area contributed by atoms with Gasteiger partial charge in [0.05, 0.1) is 6.54 Å². The Morgan fingerprint density at radius 3 is 2.29 bits per heavy atom. The lowest BCUT2D eigenvalue weighted by molar-refractivity contribution is -0.133. The fraction of sp³-hybridized carbons (Fsp3) is 0.941. The summed E-state index contributed by atoms with van der Waals surface area (Å²) in [6.45, 7) is 6.22. The van der Waals surface area contributed by atoms with Gasteiger partial charge in [-0.1, -0.05) is 6.92 Å². The maximum absolute atomic E-state index is 12.4. The molecule has 0 spiro atoms. The van der Waals surface area contributed by atoms with Crippen LogP contribution in [-0.2, 0) is 4.79 Å². The van der Waals surface area contributed by atoms with Crippen LogP contribution in [0.15, 0.2) is 0 Å². The van der Waals surface area contributed by atoms with E-state index in [1.807, 2.05) is 11.9 Å². The number of nitrogens with zero attached hydrogens (tertiary/aromatic N) is 2. The molecule has 122 valence electrons. The number of carbonyl (C=O) groups excluding carboxylic acids is 1. The van der Waals surface area contributed by atoms with Crippen LogP contribution < -0.4 is 5.32 Å². The van der Waals surface area contributed by atoms with Gasteiger partial charge >= 0.3 is 0 Å². The molecule has 1 amide bonds. The van der Waals surface area contributed by atoms with Gasteiger partial charge in [0.15, 0.2) is 0 Å². The van der Waals surface area contributed by atoms with Crippen LogP contribution in [-0.4, -0.2) is 62.0 Å². The van der Waals surface area contributed by atoms with Crippen LogP contribution in [0.5, 0.6) is 0 Å². The minimum Gasteiger partial charge on any atom is -0.342 e. The van der Waals surface area contributed by atoms with Crippen LogP contribution in [0, 0.1) is 11.8 Å². The summed E-state index contributed by atoms with van der Waals surface area (Å²) in [7, 11) is 4.10. The fourth-order valence-corrected chi connectivity index (χ4v) is 3.75. The Morgan fingerprint density at radius 2 is 1.67 bits per heavy atom. The van der Waals surface area contributed by atoms with Gasteiger partial charge in [-0.25, -0.2) is 0 Å². The Hall–Kier alpha value is -0.610. The number of hydrogen-bond donors (Lipinski definition) is 1. The van der Waals surface area contributed by atoms with Gasteiger partial charge in [-0.2, -0.15) is 0 Å². The Balaban J connectivity index is 1.71. The van der Waals surface area contributed by atoms with Gasteiger partial charge < -0.3 is 10.2 Å². The molecular weight excluding hydrogens is 262 g/mol. The van der Waals surface area contributed by atoms with E-state index < -0.39 is 0 Å². The summed E-state index contributed by atoms with van der Waals surface area (Å²) in [5, 5.41) is 3.40. The summed E-state index contributed by atoms with van der Waals surface area (Å²) in [6, 6.07) is 0.473. The summed E-state index contributed by atoms with van der Waals surface area (Å²) in [5.74, 6) is 1.89. The molecule has 0 radical (unpaired) electrons. The predicted octanol–water partition coefficient (Wildman–Crippen LogP) is 1.95. The molecule has 4 nitrogen and oxygen atoms in total. The van der Waals surface area contributed by atoms with E-state index in [1.54, 1.807) is 0 Å². The number of carbonyl (C=O) groups is 1. The molecule has 21 heavy (non-hydrogen) atoms. The molecule has 1 aliphatic heterocycles. The topological polar surface area (TPSA) is 35.6 Å². The lowest BCUT2D eigenvalue weighted by atomic mass is 9.87. The molecule has 0 unspecified atom stereocenters. The molecule has 2 fully saturated rings. The van der Waals surface area contributed by atoms with Gasteiger partial charge in [-0.15, -0.1) is 0 Å². The Kier molecular flexibility index (Phi) is 6.49. The van der Waals surface area contributed by atoms with Crippen LogP contribution in [0.4, 0.5) is 0 Å². The van der Waals surface area contributed by atoms with Crippen molar-refractivity contribution in [1.29, 1.82) is 0 Å². The predicted molar refractivity (Wildman–Crippen MR) is 87.3 cm³/mol. The second-order valence-electron chi connectivity index (χ2n) is 7.31. The van der Waals surface area contributed by atoms with Crippen molar-refractivity contribution in [1.82, 2.24) is 15.1 Å². The highest BCUT2D eigenvalue weighted by Gasteiger charge is 2.25. The molecule has 1 aliphatic carbocycles. The van der Waals surface area contributed by atoms with Crippen LogP contribution in [0.1, 0.15) is 45.4 Å². The first-order valence-corrected chi connectivity index (χ1v) is 8.71. The maximum atomic E-state index is 12.4. The van der Waals surface area contributed by atoms with Crippen molar-refractivity contribution in [3.8, 4) is 0 Å². The summed E-state index contributed by atoms with van der Waals surface area (Å²) in [5.41, 5.74) is 0. The molecule has 0 atom stereocenters. The summed E-state index contributed by atoms with van der Waals surface area (Å²) < 4.78 is 0. The van der Waals surface area contributed by atoms with E-state index in [1.165, 1.54) is 38.5 Å². The van der Waals surface area contributed by atoms with E-state index in [2.05, 4.69) is 24.2 Å². The Bertz CT molecular complexity index is 320. The van der Waals surface area contributed by atoms with Gasteiger partial charge in [0, 0.05) is 19.6 Å². The lowest BCUT2D eigenvalue weighted by Gasteiger charge is -2.35. The smallest absolute Gasteiger partial charge is 0.236 e. The highest BCUT2D eigenvalue weighted by molar-refractivity contribution is 5.78. The lowest BCUT2D eigenvalue weighted by Crippen LogP contribution is -2.45. The molecule has 2 aliphatic rings. The molecule has 1 N–H and O–H groups in total. The Labute approximate surface area is 130 Å². The summed E-state index contributed by atoms with van der Waals surface area (Å²) >= 11 is 0. The van der Waals surface area contributed by atoms with Gasteiger partial charge in [0.2, 0.25) is 5.91 Å². The number of hydrogen-bond acceptors (Lipinski definition) is 3. The van der Waals surface area contributed by atoms with Gasteiger partial charge in [0.1, 0.15) is 0 Å². The molecule has 0 aromatic rings. The molecule has 1 saturated heterocycles. The quantitative estimate of drug-likeness (QED) is 0.842. The third-order valence-corrected chi connectivity index (χ3v) is 5.36. The van der Waals surface area contributed by atoms with Gasteiger partial charge in [-0.3, -0.25) is 9.69 Å². The number of likely N-dealkylation sites (N-methyl/N-ethyl adjacent to an activating group) is 2. The molecule has 0 aromatic heterocycles. The van der Waals surface area contributed by atoms with Crippen LogP contribution >= 0.6 is 0 Å². The highest BCUT2D eigenvalue weighted by atomic mass is 16.2. The number of rotatable bonds is 5. The monoisotopic (exact) mass is 295 g/mol. The van der Waals surface area contributed by atoms with Crippen LogP contribution in [0.2, 0.25) is 0 Å². The van der Waals surface area contributed by atoms with Crippen molar-refractivity contribution in [3.05, 3.63) is 0 Å². The average molecular weight is 295 g/mol. The first-order chi connectivity index (χ1) is 10.1. The van der Waals surface area contributed by atoms with E-state index in [4.69, 9.17) is 0 Å². The first kappa shape index (κ1) is 16.8. The second-order valence-corrected chi connectivity index (χ2v) is 7.31. The molecular formula is C17H33N3O. The number of nitrogens with one attached hydrogen (secondary N) is 1. The average Bonchev–Trinajstić information content (AvgIpc) is 2.48. The van der Waals surface area contributed by atoms with Crippen LogP contribution in [0.3, 0.4) is 0 Å². The maximum Gasteiger partial charge on any atom is 0.236 e. The van der Waals surface area contributed by atoms with Crippen molar-refractivity contribution in [2.75, 3.05) is 40.3 Å². The minimum absolute atomic E-state index is 0.297. The molecule has 2 rings (SSSR count). The van der Waals surface area contributed by atoms with Gasteiger partial charge in [0.25, 0.3) is 0 Å². The largest absolute Gasteiger partial charge is 0.342 e. The van der Waals surface area contributed by atoms with Crippen molar-refractivity contribution >= 4 is 5.91 Å². The van der Waals surface area contributed by atoms with Crippen molar-refractivity contribution in [3.63, 3.8) is 0 Å². The van der Waals surface area contributed by atoms with Crippen LogP contribution in [0.25, 0.3) is 0 Å². The molecule has 4 heteroatoms. The zero-order valence-electron chi connectivity index (χ0n) is 14.1. The third kappa shape index (κ3) is 5.26. The van der Waals surface area contributed by atoms with Crippen molar-refractivity contribution in [2.24, 2.45) is 11.8 Å². The van der Waals surface area contributed by atoms with E-state index in [0.717, 1.165) is 31.5 Å². The zero-order valence-corrected chi connectivity index (χ0v) is 14.1. The van der Waals surface area contributed by atoms with E-state index in [0.29, 0.717) is 18.5 Å².